The fourth-order valence-corrected chi connectivity index (χ4v) is 3.39. The molecule has 4 nitrogen and oxygen atoms in total. The van der Waals surface area contributed by atoms with Crippen LogP contribution >= 0.6 is 11.6 Å². The Morgan fingerprint density at radius 1 is 1.38 bits per heavy atom. The molecule has 1 aliphatic rings. The number of carbonyl (C=O) groups is 1. The van der Waals surface area contributed by atoms with Crippen molar-refractivity contribution in [1.82, 2.24) is 15.1 Å². The van der Waals surface area contributed by atoms with E-state index in [4.69, 9.17) is 11.6 Å². The SMILES string of the molecule is CC(C)c1cc(CN2CCC[C@@H](C(=O)c3ccc(Cl)cc3)C2)[nH]n1. The zero-order valence-corrected chi connectivity index (χ0v) is 15.0. The predicted molar refractivity (Wildman–Crippen MR) is 96.5 cm³/mol. The van der Waals surface area contributed by atoms with Gasteiger partial charge < -0.3 is 0 Å². The van der Waals surface area contributed by atoms with Gasteiger partial charge in [0.2, 0.25) is 0 Å². The minimum absolute atomic E-state index is 0.0624. The van der Waals surface area contributed by atoms with E-state index >= 15 is 0 Å². The number of nitrogens with one attached hydrogen (secondary N) is 1. The highest BCUT2D eigenvalue weighted by Gasteiger charge is 2.26. The van der Waals surface area contributed by atoms with Crippen molar-refractivity contribution in [1.29, 1.82) is 0 Å². The van der Waals surface area contributed by atoms with Crippen molar-refractivity contribution in [2.24, 2.45) is 5.92 Å². The third kappa shape index (κ3) is 4.05. The lowest BCUT2D eigenvalue weighted by molar-refractivity contribution is 0.0810. The van der Waals surface area contributed by atoms with Crippen LogP contribution in [0.25, 0.3) is 0 Å². The quantitative estimate of drug-likeness (QED) is 0.823. The van der Waals surface area contributed by atoms with Gasteiger partial charge in [-0.15, -0.1) is 0 Å². The number of ketones is 1. The van der Waals surface area contributed by atoms with E-state index in [0.29, 0.717) is 10.9 Å². The average molecular weight is 346 g/mol. The maximum atomic E-state index is 12.7. The van der Waals surface area contributed by atoms with Crippen LogP contribution in [0, 0.1) is 5.92 Å². The van der Waals surface area contributed by atoms with E-state index in [-0.39, 0.29) is 11.7 Å². The largest absolute Gasteiger partial charge is 0.297 e. The number of benzene rings is 1. The van der Waals surface area contributed by atoms with E-state index in [1.807, 2.05) is 12.1 Å². The molecule has 2 heterocycles. The second-order valence-corrected chi connectivity index (χ2v) is 7.35. The Labute approximate surface area is 148 Å². The minimum Gasteiger partial charge on any atom is -0.297 e. The van der Waals surface area contributed by atoms with Crippen LogP contribution in [0.3, 0.4) is 0 Å². The molecule has 1 N–H and O–H groups in total. The Kier molecular flexibility index (Phi) is 5.36. The fourth-order valence-electron chi connectivity index (χ4n) is 3.26. The third-order valence-corrected chi connectivity index (χ3v) is 4.89. The predicted octanol–water partition coefficient (Wildman–Crippen LogP) is 4.28. The molecule has 24 heavy (non-hydrogen) atoms. The number of halogens is 1. The summed E-state index contributed by atoms with van der Waals surface area (Å²) in [4.78, 5) is 15.1. The first kappa shape index (κ1) is 17.2. The molecular formula is C19H24ClN3O. The maximum absolute atomic E-state index is 12.7. The lowest BCUT2D eigenvalue weighted by atomic mass is 9.90. The number of hydrogen-bond donors (Lipinski definition) is 1. The molecule has 1 aromatic heterocycles. The molecule has 3 rings (SSSR count). The van der Waals surface area contributed by atoms with Gasteiger partial charge >= 0.3 is 0 Å². The maximum Gasteiger partial charge on any atom is 0.167 e. The van der Waals surface area contributed by atoms with Crippen LogP contribution in [-0.4, -0.2) is 34.0 Å². The zero-order chi connectivity index (χ0) is 17.1. The summed E-state index contributed by atoms with van der Waals surface area (Å²) in [5.74, 6) is 0.715. The molecule has 128 valence electrons. The molecule has 1 aliphatic heterocycles. The Morgan fingerprint density at radius 3 is 2.79 bits per heavy atom. The van der Waals surface area contributed by atoms with Crippen LogP contribution in [-0.2, 0) is 6.54 Å². The van der Waals surface area contributed by atoms with Gasteiger partial charge in [0.25, 0.3) is 0 Å². The van der Waals surface area contributed by atoms with Crippen LogP contribution in [0.4, 0.5) is 0 Å². The standard InChI is InChI=1S/C19H24ClN3O/c1-13(2)18-10-17(21-22-18)12-23-9-3-4-15(11-23)19(24)14-5-7-16(20)8-6-14/h5-8,10,13,15H,3-4,9,11-12H2,1-2H3,(H,21,22)/t15-/m1/s1. The number of hydrogen-bond acceptors (Lipinski definition) is 3. The first-order chi connectivity index (χ1) is 11.5. The van der Waals surface area contributed by atoms with Gasteiger partial charge in [0.05, 0.1) is 5.69 Å². The first-order valence-corrected chi connectivity index (χ1v) is 8.97. The number of Topliss-reactive ketones (excluding diaryl/α,β-unsaturated/α-hetero) is 1. The van der Waals surface area contributed by atoms with Crippen LogP contribution in [0.2, 0.25) is 5.02 Å². The Balaban J connectivity index is 1.63. The molecular weight excluding hydrogens is 322 g/mol. The number of rotatable bonds is 5. The summed E-state index contributed by atoms with van der Waals surface area (Å²) in [6, 6.07) is 9.36. The van der Waals surface area contributed by atoms with Gasteiger partial charge in [-0.1, -0.05) is 25.4 Å². The molecule has 1 aromatic carbocycles. The smallest absolute Gasteiger partial charge is 0.167 e. The molecule has 5 heteroatoms. The van der Waals surface area contributed by atoms with Crippen LogP contribution in [0.1, 0.15) is 54.4 Å². The zero-order valence-electron chi connectivity index (χ0n) is 14.3. The monoisotopic (exact) mass is 345 g/mol. The lowest BCUT2D eigenvalue weighted by Crippen LogP contribution is -2.38. The van der Waals surface area contributed by atoms with Crippen molar-refractivity contribution in [2.75, 3.05) is 13.1 Å². The second-order valence-electron chi connectivity index (χ2n) is 6.92. The molecule has 1 atom stereocenters. The number of aromatic amines is 1. The average Bonchev–Trinajstić information content (AvgIpc) is 3.04. The molecule has 0 unspecified atom stereocenters. The normalized spacial score (nSPS) is 18.9. The van der Waals surface area contributed by atoms with Crippen molar-refractivity contribution in [3.8, 4) is 0 Å². The van der Waals surface area contributed by atoms with Gasteiger partial charge in [0.15, 0.2) is 5.78 Å². The van der Waals surface area contributed by atoms with Gasteiger partial charge in [0, 0.05) is 35.3 Å². The molecule has 0 bridgehead atoms. The highest BCUT2D eigenvalue weighted by atomic mass is 35.5. The number of likely N-dealkylation sites (tertiary alicyclic amines) is 1. The summed E-state index contributed by atoms with van der Waals surface area (Å²) in [5.41, 5.74) is 2.98. The first-order valence-electron chi connectivity index (χ1n) is 8.59. The molecule has 1 saturated heterocycles. The lowest BCUT2D eigenvalue weighted by Gasteiger charge is -2.31. The van der Waals surface area contributed by atoms with E-state index in [9.17, 15) is 4.79 Å². The van der Waals surface area contributed by atoms with E-state index in [1.54, 1.807) is 12.1 Å². The van der Waals surface area contributed by atoms with E-state index < -0.39 is 0 Å². The topological polar surface area (TPSA) is 49.0 Å². The van der Waals surface area contributed by atoms with Gasteiger partial charge in [-0.05, 0) is 55.6 Å². The Hall–Kier alpha value is -1.65. The van der Waals surface area contributed by atoms with Gasteiger partial charge in [-0.3, -0.25) is 14.8 Å². The molecule has 0 spiro atoms. The summed E-state index contributed by atoms with van der Waals surface area (Å²) in [5, 5.41) is 8.15. The van der Waals surface area contributed by atoms with Crippen molar-refractivity contribution in [2.45, 2.75) is 39.2 Å². The van der Waals surface area contributed by atoms with Crippen molar-refractivity contribution in [3.63, 3.8) is 0 Å². The fraction of sp³-hybridized carbons (Fsp3) is 0.474. The third-order valence-electron chi connectivity index (χ3n) is 4.64. The highest BCUT2D eigenvalue weighted by molar-refractivity contribution is 6.30. The van der Waals surface area contributed by atoms with Crippen LogP contribution < -0.4 is 0 Å². The summed E-state index contributed by atoms with van der Waals surface area (Å²) >= 11 is 5.91. The molecule has 0 radical (unpaired) electrons. The van der Waals surface area contributed by atoms with Crippen LogP contribution in [0.5, 0.6) is 0 Å². The molecule has 1 fully saturated rings. The highest BCUT2D eigenvalue weighted by Crippen LogP contribution is 2.23. The summed E-state index contributed by atoms with van der Waals surface area (Å²) in [6.45, 7) is 6.94. The molecule has 0 saturated carbocycles. The van der Waals surface area contributed by atoms with Gasteiger partial charge in [0.1, 0.15) is 0 Å². The van der Waals surface area contributed by atoms with Gasteiger partial charge in [-0.2, -0.15) is 5.10 Å². The minimum atomic E-state index is 0.0624. The van der Waals surface area contributed by atoms with Crippen LogP contribution in [0.15, 0.2) is 30.3 Å². The summed E-state index contributed by atoms with van der Waals surface area (Å²) in [6.07, 6.45) is 2.01. The second kappa shape index (κ2) is 7.49. The molecule has 0 aliphatic carbocycles. The Morgan fingerprint density at radius 2 is 2.12 bits per heavy atom. The van der Waals surface area contributed by atoms with E-state index in [1.165, 1.54) is 0 Å². The number of nitrogens with zero attached hydrogens (tertiary/aromatic N) is 2. The van der Waals surface area contributed by atoms with E-state index in [0.717, 1.165) is 49.4 Å². The summed E-state index contributed by atoms with van der Waals surface area (Å²) < 4.78 is 0. The Bertz CT molecular complexity index is 693. The van der Waals surface area contributed by atoms with Crippen molar-refractivity contribution in [3.05, 3.63) is 52.3 Å². The number of aromatic nitrogens is 2. The number of carbonyl (C=O) groups excluding carboxylic acids is 1. The van der Waals surface area contributed by atoms with Crippen molar-refractivity contribution >= 4 is 17.4 Å². The number of piperidine rings is 1. The van der Waals surface area contributed by atoms with Crippen molar-refractivity contribution < 1.29 is 4.79 Å². The number of H-pyrrole nitrogens is 1. The van der Waals surface area contributed by atoms with Gasteiger partial charge in [-0.25, -0.2) is 0 Å². The molecule has 0 amide bonds. The summed E-state index contributed by atoms with van der Waals surface area (Å²) in [7, 11) is 0. The van der Waals surface area contributed by atoms with E-state index in [2.05, 4.69) is 35.0 Å². The molecule has 2 aromatic rings.